The van der Waals surface area contributed by atoms with Crippen molar-refractivity contribution in [1.82, 2.24) is 9.21 Å². The molecule has 6 heteroatoms. The fourth-order valence-electron chi connectivity index (χ4n) is 2.93. The lowest BCUT2D eigenvalue weighted by atomic mass is 9.99. The van der Waals surface area contributed by atoms with Crippen molar-refractivity contribution in [1.29, 1.82) is 5.26 Å². The van der Waals surface area contributed by atoms with Gasteiger partial charge in [-0.05, 0) is 43.0 Å². The van der Waals surface area contributed by atoms with E-state index in [0.717, 1.165) is 32.5 Å². The van der Waals surface area contributed by atoms with Crippen LogP contribution >= 0.6 is 0 Å². The van der Waals surface area contributed by atoms with E-state index in [-0.39, 0.29) is 0 Å². The summed E-state index contributed by atoms with van der Waals surface area (Å²) in [5.41, 5.74) is 1.18. The smallest absolute Gasteiger partial charge is 0.243 e. The molecule has 132 valence electrons. The Balaban J connectivity index is 1.97. The van der Waals surface area contributed by atoms with Crippen LogP contribution < -0.4 is 0 Å². The highest BCUT2D eigenvalue weighted by atomic mass is 32.2. The van der Waals surface area contributed by atoms with E-state index in [1.807, 2.05) is 12.1 Å². The molecule has 1 aromatic carbocycles. The third kappa shape index (κ3) is 4.56. The Morgan fingerprint density at radius 1 is 1.17 bits per heavy atom. The summed E-state index contributed by atoms with van der Waals surface area (Å²) in [5.74, 6) is 0.443. The van der Waals surface area contributed by atoms with Gasteiger partial charge in [-0.25, -0.2) is 8.42 Å². The van der Waals surface area contributed by atoms with Crippen molar-refractivity contribution < 1.29 is 8.42 Å². The summed E-state index contributed by atoms with van der Waals surface area (Å²) in [5, 5.41) is 8.58. The summed E-state index contributed by atoms with van der Waals surface area (Å²) in [6.07, 6.45) is 2.45. The number of unbranched alkanes of at least 4 members (excludes halogenated alkanes) is 1. The average molecular weight is 350 g/mol. The van der Waals surface area contributed by atoms with Gasteiger partial charge < -0.3 is 4.90 Å². The van der Waals surface area contributed by atoms with Gasteiger partial charge in [-0.1, -0.05) is 26.0 Å². The number of sulfonamides is 1. The molecule has 1 aliphatic heterocycles. The molecular formula is C18H27N3O2S. The standard InChI is InChI=1S/C18H27N3O2S/c1-3-16(2)17-6-8-18(9-7-17)24(22,23)21-14-12-20(13-15-21)11-5-4-10-19/h6-9,16H,3-5,11-15H2,1-2H3/t16-/m0/s1. The maximum Gasteiger partial charge on any atom is 0.243 e. The molecule has 24 heavy (non-hydrogen) atoms. The van der Waals surface area contributed by atoms with Gasteiger partial charge in [0.15, 0.2) is 0 Å². The predicted molar refractivity (Wildman–Crippen MR) is 95.2 cm³/mol. The molecule has 1 aromatic rings. The molecule has 0 N–H and O–H groups in total. The van der Waals surface area contributed by atoms with Gasteiger partial charge >= 0.3 is 0 Å². The fraction of sp³-hybridized carbons (Fsp3) is 0.611. The zero-order valence-electron chi connectivity index (χ0n) is 14.6. The lowest BCUT2D eigenvalue weighted by Gasteiger charge is -2.33. The minimum atomic E-state index is -3.41. The summed E-state index contributed by atoms with van der Waals surface area (Å²) < 4.78 is 27.1. The molecular weight excluding hydrogens is 322 g/mol. The highest BCUT2D eigenvalue weighted by molar-refractivity contribution is 7.89. The summed E-state index contributed by atoms with van der Waals surface area (Å²) in [6.45, 7) is 7.64. The highest BCUT2D eigenvalue weighted by Crippen LogP contribution is 2.23. The second-order valence-corrected chi connectivity index (χ2v) is 8.32. The molecule has 1 heterocycles. The van der Waals surface area contributed by atoms with Crippen molar-refractivity contribution in [3.63, 3.8) is 0 Å². The van der Waals surface area contributed by atoms with Gasteiger partial charge in [0.1, 0.15) is 0 Å². The van der Waals surface area contributed by atoms with Gasteiger partial charge in [-0.2, -0.15) is 9.57 Å². The average Bonchev–Trinajstić information content (AvgIpc) is 2.62. The van der Waals surface area contributed by atoms with Crippen LogP contribution in [-0.4, -0.2) is 50.3 Å². The van der Waals surface area contributed by atoms with E-state index in [9.17, 15) is 8.42 Å². The Morgan fingerprint density at radius 3 is 2.33 bits per heavy atom. The molecule has 1 atom stereocenters. The van der Waals surface area contributed by atoms with Crippen LogP contribution in [0.15, 0.2) is 29.2 Å². The number of piperazine rings is 1. The van der Waals surface area contributed by atoms with Crippen molar-refractivity contribution in [3.05, 3.63) is 29.8 Å². The van der Waals surface area contributed by atoms with Crippen LogP contribution in [0.3, 0.4) is 0 Å². The number of hydrogen-bond acceptors (Lipinski definition) is 4. The van der Waals surface area contributed by atoms with Gasteiger partial charge in [0.25, 0.3) is 0 Å². The quantitative estimate of drug-likeness (QED) is 0.710. The predicted octanol–water partition coefficient (Wildman–Crippen LogP) is 2.81. The monoisotopic (exact) mass is 349 g/mol. The van der Waals surface area contributed by atoms with E-state index in [1.54, 1.807) is 16.4 Å². The van der Waals surface area contributed by atoms with E-state index in [4.69, 9.17) is 5.26 Å². The molecule has 0 unspecified atom stereocenters. The molecule has 0 aliphatic carbocycles. The Bertz CT molecular complexity index is 656. The van der Waals surface area contributed by atoms with Crippen LogP contribution in [0.4, 0.5) is 0 Å². The zero-order valence-corrected chi connectivity index (χ0v) is 15.4. The molecule has 0 bridgehead atoms. The summed E-state index contributed by atoms with van der Waals surface area (Å²) in [6, 6.07) is 9.47. The second kappa shape index (κ2) is 8.61. The van der Waals surface area contributed by atoms with Gasteiger partial charge in [0.05, 0.1) is 11.0 Å². The number of benzene rings is 1. The maximum absolute atomic E-state index is 12.8. The van der Waals surface area contributed by atoms with E-state index in [1.165, 1.54) is 5.56 Å². The number of hydrogen-bond donors (Lipinski definition) is 0. The second-order valence-electron chi connectivity index (χ2n) is 6.39. The minimum Gasteiger partial charge on any atom is -0.301 e. The first-order valence-electron chi connectivity index (χ1n) is 8.68. The summed E-state index contributed by atoms with van der Waals surface area (Å²) in [7, 11) is -3.41. The molecule has 1 fully saturated rings. The summed E-state index contributed by atoms with van der Waals surface area (Å²) >= 11 is 0. The Morgan fingerprint density at radius 2 is 1.79 bits per heavy atom. The van der Waals surface area contributed by atoms with E-state index >= 15 is 0 Å². The van der Waals surface area contributed by atoms with Crippen LogP contribution in [0.25, 0.3) is 0 Å². The fourth-order valence-corrected chi connectivity index (χ4v) is 4.35. The normalized spacial score (nSPS) is 18.2. The Kier molecular flexibility index (Phi) is 6.79. The third-order valence-corrected chi connectivity index (χ3v) is 6.71. The molecule has 2 rings (SSSR count). The van der Waals surface area contributed by atoms with Crippen molar-refractivity contribution in [2.24, 2.45) is 0 Å². The first-order valence-corrected chi connectivity index (χ1v) is 10.1. The van der Waals surface area contributed by atoms with Crippen LogP contribution in [0.5, 0.6) is 0 Å². The molecule has 0 aromatic heterocycles. The molecule has 1 saturated heterocycles. The topological polar surface area (TPSA) is 64.4 Å². The van der Waals surface area contributed by atoms with Crippen LogP contribution in [0, 0.1) is 11.3 Å². The lowest BCUT2D eigenvalue weighted by molar-refractivity contribution is 0.187. The molecule has 1 aliphatic rings. The number of rotatable bonds is 7. The molecule has 0 saturated carbocycles. The van der Waals surface area contributed by atoms with Crippen LogP contribution in [0.2, 0.25) is 0 Å². The van der Waals surface area contributed by atoms with Gasteiger partial charge in [0, 0.05) is 32.6 Å². The van der Waals surface area contributed by atoms with E-state index in [2.05, 4.69) is 24.8 Å². The van der Waals surface area contributed by atoms with E-state index < -0.39 is 10.0 Å². The first-order chi connectivity index (χ1) is 11.5. The zero-order chi connectivity index (χ0) is 17.6. The number of nitriles is 1. The molecule has 5 nitrogen and oxygen atoms in total. The molecule has 0 radical (unpaired) electrons. The Hall–Kier alpha value is -1.42. The van der Waals surface area contributed by atoms with Gasteiger partial charge in [-0.15, -0.1) is 0 Å². The first kappa shape index (κ1) is 18.9. The van der Waals surface area contributed by atoms with Crippen LogP contribution in [-0.2, 0) is 10.0 Å². The van der Waals surface area contributed by atoms with E-state index in [0.29, 0.717) is 30.3 Å². The van der Waals surface area contributed by atoms with Gasteiger partial charge in [0.2, 0.25) is 10.0 Å². The maximum atomic E-state index is 12.8. The minimum absolute atomic E-state index is 0.382. The highest BCUT2D eigenvalue weighted by Gasteiger charge is 2.28. The molecule has 0 amide bonds. The Labute approximate surface area is 145 Å². The van der Waals surface area contributed by atoms with Crippen molar-refractivity contribution >= 4 is 10.0 Å². The van der Waals surface area contributed by atoms with Crippen molar-refractivity contribution in [2.45, 2.75) is 43.9 Å². The third-order valence-electron chi connectivity index (χ3n) is 4.79. The van der Waals surface area contributed by atoms with Crippen molar-refractivity contribution in [2.75, 3.05) is 32.7 Å². The van der Waals surface area contributed by atoms with Crippen LogP contribution in [0.1, 0.15) is 44.6 Å². The SMILES string of the molecule is CC[C@H](C)c1ccc(S(=O)(=O)N2CCN(CCCC#N)CC2)cc1. The number of nitrogens with zero attached hydrogens (tertiary/aromatic N) is 3. The summed E-state index contributed by atoms with van der Waals surface area (Å²) in [4.78, 5) is 2.61. The van der Waals surface area contributed by atoms with Crippen molar-refractivity contribution in [3.8, 4) is 6.07 Å². The molecule has 0 spiro atoms. The largest absolute Gasteiger partial charge is 0.301 e. The lowest BCUT2D eigenvalue weighted by Crippen LogP contribution is -2.48. The van der Waals surface area contributed by atoms with Gasteiger partial charge in [-0.3, -0.25) is 0 Å².